The largest absolute Gasteiger partial charge is 0.372 e. The lowest BCUT2D eigenvalue weighted by molar-refractivity contribution is -0.117. The van der Waals surface area contributed by atoms with Crippen molar-refractivity contribution in [2.45, 2.75) is 38.5 Å². The molecule has 32 heavy (non-hydrogen) atoms. The van der Waals surface area contributed by atoms with Gasteiger partial charge in [0.1, 0.15) is 0 Å². The van der Waals surface area contributed by atoms with Crippen molar-refractivity contribution < 1.29 is 9.53 Å². The number of rotatable bonds is 5. The summed E-state index contributed by atoms with van der Waals surface area (Å²) in [6.07, 6.45) is 1.46. The van der Waals surface area contributed by atoms with E-state index in [-0.39, 0.29) is 24.2 Å². The quantitative estimate of drug-likeness (QED) is 0.573. The highest BCUT2D eigenvalue weighted by atomic mass is 32.1. The molecule has 7 heteroatoms. The minimum Gasteiger partial charge on any atom is -0.372 e. The van der Waals surface area contributed by atoms with Crippen LogP contribution in [0.5, 0.6) is 0 Å². The smallest absolute Gasteiger partial charge is 0.238 e. The Morgan fingerprint density at radius 3 is 2.56 bits per heavy atom. The number of hydrogen-bond donors (Lipinski definition) is 1. The zero-order valence-corrected chi connectivity index (χ0v) is 20.1. The van der Waals surface area contributed by atoms with Gasteiger partial charge in [-0.05, 0) is 73.0 Å². The molecule has 2 aliphatic heterocycles. The summed E-state index contributed by atoms with van der Waals surface area (Å²) in [5.74, 6) is 0.0339. The average molecular weight is 468 g/mol. The molecular weight excluding hydrogens is 438 g/mol. The molecule has 1 fully saturated rings. The third-order valence-corrected chi connectivity index (χ3v) is 8.08. The van der Waals surface area contributed by atoms with E-state index in [1.807, 2.05) is 23.5 Å². The fourth-order valence-corrected chi connectivity index (χ4v) is 6.63. The number of nitrogens with zero attached hydrogens (tertiary/aromatic N) is 2. The maximum Gasteiger partial charge on any atom is 0.238 e. The Balaban J connectivity index is 1.25. The van der Waals surface area contributed by atoms with Gasteiger partial charge in [-0.15, -0.1) is 22.7 Å². The molecule has 0 aliphatic carbocycles. The first-order valence-electron chi connectivity index (χ1n) is 11.2. The van der Waals surface area contributed by atoms with Crippen molar-refractivity contribution in [1.82, 2.24) is 4.90 Å². The summed E-state index contributed by atoms with van der Waals surface area (Å²) in [6.45, 7) is 7.29. The highest BCUT2D eigenvalue weighted by Crippen LogP contribution is 2.39. The second kappa shape index (κ2) is 9.35. The predicted molar refractivity (Wildman–Crippen MR) is 133 cm³/mol. The van der Waals surface area contributed by atoms with Crippen molar-refractivity contribution in [3.8, 4) is 0 Å². The standard InChI is InChI=1S/C25H29N3O2S2/c1-17-14-28(15-18(2)30-17)20-7-5-19(6-8-20)26-24(29)16-27-11-9-22-21(10-13-32-22)25(27)23-4-3-12-31-23/h3-8,10,12-13,17-18,25H,9,11,14-16H2,1-2H3,(H,26,29). The molecule has 3 aromatic rings. The van der Waals surface area contributed by atoms with Crippen LogP contribution in [-0.4, -0.2) is 49.2 Å². The van der Waals surface area contributed by atoms with Crippen LogP contribution in [0.15, 0.2) is 53.2 Å². The molecule has 3 atom stereocenters. The third kappa shape index (κ3) is 4.62. The van der Waals surface area contributed by atoms with E-state index in [2.05, 4.69) is 70.1 Å². The first-order valence-corrected chi connectivity index (χ1v) is 13.0. The van der Waals surface area contributed by atoms with Gasteiger partial charge in [-0.25, -0.2) is 0 Å². The molecule has 1 aromatic carbocycles. The van der Waals surface area contributed by atoms with Crippen molar-refractivity contribution in [3.05, 3.63) is 68.5 Å². The zero-order chi connectivity index (χ0) is 22.1. The Morgan fingerprint density at radius 1 is 1.06 bits per heavy atom. The number of carbonyl (C=O) groups excluding carboxylic acids is 1. The van der Waals surface area contributed by atoms with Crippen LogP contribution >= 0.6 is 22.7 Å². The Bertz CT molecular complexity index is 1040. The number of thiophene rings is 2. The molecule has 0 spiro atoms. The normalized spacial score (nSPS) is 23.7. The van der Waals surface area contributed by atoms with Crippen molar-refractivity contribution in [2.24, 2.45) is 0 Å². The van der Waals surface area contributed by atoms with Gasteiger partial charge in [0.2, 0.25) is 5.91 Å². The van der Waals surface area contributed by atoms with Crippen molar-refractivity contribution in [3.63, 3.8) is 0 Å². The Hall–Kier alpha value is -2.19. The summed E-state index contributed by atoms with van der Waals surface area (Å²) in [5, 5.41) is 7.39. The summed E-state index contributed by atoms with van der Waals surface area (Å²) in [5.41, 5.74) is 3.37. The van der Waals surface area contributed by atoms with E-state index in [9.17, 15) is 4.79 Å². The monoisotopic (exact) mass is 467 g/mol. The van der Waals surface area contributed by atoms with E-state index in [4.69, 9.17) is 4.74 Å². The van der Waals surface area contributed by atoms with E-state index in [0.29, 0.717) is 6.54 Å². The molecular formula is C25H29N3O2S2. The van der Waals surface area contributed by atoms with Crippen LogP contribution in [0.2, 0.25) is 0 Å². The van der Waals surface area contributed by atoms with Gasteiger partial charge in [0.25, 0.3) is 0 Å². The van der Waals surface area contributed by atoms with Crippen LogP contribution in [0.1, 0.15) is 35.2 Å². The van der Waals surface area contributed by atoms with Crippen LogP contribution in [0.25, 0.3) is 0 Å². The topological polar surface area (TPSA) is 44.8 Å². The number of morpholine rings is 1. The fourth-order valence-electron chi connectivity index (χ4n) is 4.85. The van der Waals surface area contributed by atoms with Gasteiger partial charge in [-0.1, -0.05) is 6.07 Å². The van der Waals surface area contributed by atoms with Gasteiger partial charge in [0.15, 0.2) is 0 Å². The molecule has 2 aromatic heterocycles. The number of hydrogen-bond acceptors (Lipinski definition) is 6. The summed E-state index contributed by atoms with van der Waals surface area (Å²) < 4.78 is 5.84. The number of nitrogens with one attached hydrogen (secondary N) is 1. The fraction of sp³-hybridized carbons (Fsp3) is 0.400. The minimum absolute atomic E-state index is 0.0339. The first-order chi connectivity index (χ1) is 15.6. The molecule has 4 heterocycles. The number of carbonyl (C=O) groups is 1. The lowest BCUT2D eigenvalue weighted by Gasteiger charge is -2.37. The summed E-state index contributed by atoms with van der Waals surface area (Å²) in [4.78, 5) is 20.3. The van der Waals surface area contributed by atoms with Crippen LogP contribution in [0.3, 0.4) is 0 Å². The highest BCUT2D eigenvalue weighted by Gasteiger charge is 2.31. The summed E-state index contributed by atoms with van der Waals surface area (Å²) in [6, 6.07) is 14.9. The molecule has 1 N–H and O–H groups in total. The average Bonchev–Trinajstić information content (AvgIpc) is 3.45. The SMILES string of the molecule is CC1CN(c2ccc(NC(=O)CN3CCc4sccc4C3c3cccs3)cc2)CC(C)O1. The van der Waals surface area contributed by atoms with E-state index in [1.165, 1.54) is 21.0 Å². The summed E-state index contributed by atoms with van der Waals surface area (Å²) >= 11 is 3.59. The van der Waals surface area contributed by atoms with E-state index < -0.39 is 0 Å². The Kier molecular flexibility index (Phi) is 6.33. The highest BCUT2D eigenvalue weighted by molar-refractivity contribution is 7.10. The number of ether oxygens (including phenoxy) is 1. The molecule has 2 aliphatic rings. The molecule has 5 nitrogen and oxygen atoms in total. The van der Waals surface area contributed by atoms with Crippen molar-refractivity contribution in [2.75, 3.05) is 36.4 Å². The van der Waals surface area contributed by atoms with Crippen molar-refractivity contribution >= 4 is 40.0 Å². The van der Waals surface area contributed by atoms with Gasteiger partial charge in [0.05, 0.1) is 24.8 Å². The molecule has 0 bridgehead atoms. The van der Waals surface area contributed by atoms with E-state index in [1.54, 1.807) is 11.3 Å². The van der Waals surface area contributed by atoms with Gasteiger partial charge >= 0.3 is 0 Å². The second-order valence-corrected chi connectivity index (χ2v) is 10.7. The van der Waals surface area contributed by atoms with Gasteiger partial charge < -0.3 is 15.0 Å². The number of amides is 1. The molecule has 0 saturated carbocycles. The van der Waals surface area contributed by atoms with Crippen LogP contribution in [0, 0.1) is 0 Å². The Labute approximate surface area is 197 Å². The molecule has 1 amide bonds. The predicted octanol–water partition coefficient (Wildman–Crippen LogP) is 5.01. The molecule has 3 unspecified atom stereocenters. The maximum atomic E-state index is 12.9. The molecule has 1 saturated heterocycles. The third-order valence-electron chi connectivity index (χ3n) is 6.16. The number of benzene rings is 1. The minimum atomic E-state index is 0.0339. The van der Waals surface area contributed by atoms with Crippen LogP contribution in [0.4, 0.5) is 11.4 Å². The Morgan fingerprint density at radius 2 is 1.84 bits per heavy atom. The lowest BCUT2D eigenvalue weighted by atomic mass is 9.98. The number of anilines is 2. The van der Waals surface area contributed by atoms with Crippen LogP contribution in [-0.2, 0) is 16.0 Å². The van der Waals surface area contributed by atoms with Gasteiger partial charge in [-0.2, -0.15) is 0 Å². The van der Waals surface area contributed by atoms with E-state index >= 15 is 0 Å². The first kappa shape index (κ1) is 21.6. The molecule has 168 valence electrons. The van der Waals surface area contributed by atoms with Crippen LogP contribution < -0.4 is 10.2 Å². The summed E-state index contributed by atoms with van der Waals surface area (Å²) in [7, 11) is 0. The molecule has 5 rings (SSSR count). The van der Waals surface area contributed by atoms with Crippen molar-refractivity contribution in [1.29, 1.82) is 0 Å². The zero-order valence-electron chi connectivity index (χ0n) is 18.5. The van der Waals surface area contributed by atoms with Gasteiger partial charge in [-0.3, -0.25) is 9.69 Å². The number of fused-ring (bicyclic) bond motifs is 1. The maximum absolute atomic E-state index is 12.9. The van der Waals surface area contributed by atoms with E-state index in [0.717, 1.165) is 31.7 Å². The lowest BCUT2D eigenvalue weighted by Crippen LogP contribution is -2.45. The second-order valence-electron chi connectivity index (χ2n) is 8.69. The molecule has 0 radical (unpaired) electrons. The van der Waals surface area contributed by atoms with Gasteiger partial charge in [0, 0.05) is 40.8 Å².